The van der Waals surface area contributed by atoms with Crippen LogP contribution in [0, 0.1) is 0 Å². The second kappa shape index (κ2) is 16.2. The van der Waals surface area contributed by atoms with E-state index < -0.39 is 34.4 Å². The molecule has 0 saturated heterocycles. The molecule has 1 N–H and O–H groups in total. The maximum atomic E-state index is 14.5. The molecule has 0 aromatic heterocycles. The van der Waals surface area contributed by atoms with Gasteiger partial charge in [0.15, 0.2) is 0 Å². The molecule has 0 aliphatic heterocycles. The molecule has 0 spiro atoms. The molecule has 0 aliphatic carbocycles. The number of amides is 2. The molecular formula is C34H35Cl2N3O5S2. The van der Waals surface area contributed by atoms with Gasteiger partial charge in [-0.05, 0) is 72.8 Å². The molecule has 0 heterocycles. The molecule has 1 unspecified atom stereocenters. The van der Waals surface area contributed by atoms with Gasteiger partial charge in [0.2, 0.25) is 11.8 Å². The number of likely N-dealkylation sites (N-methyl/N-ethyl adjacent to an activating group) is 1. The topological polar surface area (TPSA) is 96.0 Å². The fraction of sp³-hybridized carbons (Fsp3) is 0.235. The van der Waals surface area contributed by atoms with Crippen LogP contribution in [-0.2, 0) is 32.6 Å². The highest BCUT2D eigenvalue weighted by Gasteiger charge is 2.35. The van der Waals surface area contributed by atoms with Gasteiger partial charge in [-0.3, -0.25) is 13.9 Å². The Morgan fingerprint density at radius 2 is 1.57 bits per heavy atom. The quantitative estimate of drug-likeness (QED) is 0.147. The normalized spacial score (nSPS) is 11.8. The van der Waals surface area contributed by atoms with E-state index in [0.717, 1.165) is 14.8 Å². The van der Waals surface area contributed by atoms with Crippen LogP contribution in [0.1, 0.15) is 18.1 Å². The molecular weight excluding hydrogens is 665 g/mol. The van der Waals surface area contributed by atoms with Crippen molar-refractivity contribution in [3.63, 3.8) is 0 Å². The first-order valence-electron chi connectivity index (χ1n) is 14.5. The number of benzene rings is 4. The van der Waals surface area contributed by atoms with Crippen LogP contribution in [0.25, 0.3) is 0 Å². The average Bonchev–Trinajstić information content (AvgIpc) is 3.07. The molecule has 46 heavy (non-hydrogen) atoms. The van der Waals surface area contributed by atoms with E-state index in [4.69, 9.17) is 27.9 Å². The van der Waals surface area contributed by atoms with Gasteiger partial charge in [-0.25, -0.2) is 8.42 Å². The number of carbonyl (C=O) groups excluding carboxylic acids is 2. The van der Waals surface area contributed by atoms with Gasteiger partial charge >= 0.3 is 0 Å². The van der Waals surface area contributed by atoms with Crippen LogP contribution < -0.4 is 14.4 Å². The molecule has 0 bridgehead atoms. The van der Waals surface area contributed by atoms with Crippen molar-refractivity contribution >= 4 is 62.5 Å². The van der Waals surface area contributed by atoms with Crippen molar-refractivity contribution < 1.29 is 22.7 Å². The van der Waals surface area contributed by atoms with E-state index in [0.29, 0.717) is 16.3 Å². The van der Waals surface area contributed by atoms with Crippen LogP contribution in [0.3, 0.4) is 0 Å². The molecule has 4 aromatic rings. The number of nitrogens with one attached hydrogen (secondary N) is 1. The number of sulfonamides is 1. The Bertz CT molecular complexity index is 1760. The van der Waals surface area contributed by atoms with Crippen molar-refractivity contribution in [1.29, 1.82) is 0 Å². The summed E-state index contributed by atoms with van der Waals surface area (Å²) in [6.07, 6.45) is 2.08. The first-order valence-corrected chi connectivity index (χ1v) is 17.9. The number of ether oxygens (including phenoxy) is 1. The third-order valence-corrected chi connectivity index (χ3v) is 10.5. The largest absolute Gasteiger partial charge is 0.492 e. The Morgan fingerprint density at radius 3 is 2.20 bits per heavy atom. The molecule has 4 rings (SSSR count). The fourth-order valence-electron chi connectivity index (χ4n) is 4.88. The minimum absolute atomic E-state index is 0.00701. The van der Waals surface area contributed by atoms with Crippen molar-refractivity contribution in [3.8, 4) is 5.75 Å². The molecule has 12 heteroatoms. The molecule has 2 amide bonds. The minimum Gasteiger partial charge on any atom is -0.492 e. The fourth-order valence-corrected chi connectivity index (χ4v) is 7.04. The van der Waals surface area contributed by atoms with Crippen LogP contribution in [-0.4, -0.2) is 57.6 Å². The van der Waals surface area contributed by atoms with Gasteiger partial charge in [0, 0.05) is 24.9 Å². The van der Waals surface area contributed by atoms with Gasteiger partial charge in [-0.15, -0.1) is 11.8 Å². The maximum Gasteiger partial charge on any atom is 0.264 e. The number of anilines is 1. The number of hydrogen-bond acceptors (Lipinski definition) is 6. The molecule has 8 nitrogen and oxygen atoms in total. The lowest BCUT2D eigenvalue weighted by atomic mass is 10.0. The van der Waals surface area contributed by atoms with Crippen molar-refractivity contribution in [2.45, 2.75) is 35.7 Å². The van der Waals surface area contributed by atoms with E-state index in [1.54, 1.807) is 61.5 Å². The zero-order valence-corrected chi connectivity index (χ0v) is 28.8. The molecule has 0 aliphatic rings. The SMILES string of the molecule is CCOc1ccccc1N(CC(=O)N(Cc1ccc(Cl)c(Cl)c1)C(Cc1ccccc1)C(=O)NC)S(=O)(=O)c1ccc(SC)cc1. The lowest BCUT2D eigenvalue weighted by Crippen LogP contribution is -2.53. The van der Waals surface area contributed by atoms with E-state index in [2.05, 4.69) is 5.32 Å². The highest BCUT2D eigenvalue weighted by molar-refractivity contribution is 7.98. The zero-order chi connectivity index (χ0) is 33.3. The van der Waals surface area contributed by atoms with Gasteiger partial charge in [-0.2, -0.15) is 0 Å². The molecule has 1 atom stereocenters. The summed E-state index contributed by atoms with van der Waals surface area (Å²) in [5.74, 6) is -0.717. The molecule has 0 saturated carbocycles. The third-order valence-electron chi connectivity index (χ3n) is 7.21. The highest BCUT2D eigenvalue weighted by Crippen LogP contribution is 2.33. The maximum absolute atomic E-state index is 14.5. The number of thioether (sulfide) groups is 1. The summed E-state index contributed by atoms with van der Waals surface area (Å²) in [6.45, 7) is 1.42. The predicted molar refractivity (Wildman–Crippen MR) is 185 cm³/mol. The molecule has 0 radical (unpaired) electrons. The second-order valence-electron chi connectivity index (χ2n) is 10.2. The van der Waals surface area contributed by atoms with E-state index in [-0.39, 0.29) is 35.2 Å². The summed E-state index contributed by atoms with van der Waals surface area (Å²) in [7, 11) is -2.79. The number of para-hydroxylation sites is 2. The lowest BCUT2D eigenvalue weighted by molar-refractivity contribution is -0.139. The van der Waals surface area contributed by atoms with Crippen LogP contribution in [0.2, 0.25) is 10.0 Å². The Morgan fingerprint density at radius 1 is 0.891 bits per heavy atom. The Balaban J connectivity index is 1.83. The average molecular weight is 701 g/mol. The summed E-state index contributed by atoms with van der Waals surface area (Å²) in [5, 5.41) is 3.30. The van der Waals surface area contributed by atoms with Crippen molar-refractivity contribution in [2.75, 3.05) is 30.8 Å². The summed E-state index contributed by atoms with van der Waals surface area (Å²) in [5.41, 5.74) is 1.63. The summed E-state index contributed by atoms with van der Waals surface area (Å²) in [4.78, 5) is 30.2. The van der Waals surface area contributed by atoms with Gasteiger partial charge < -0.3 is 15.0 Å². The first kappa shape index (κ1) is 35.2. The molecule has 242 valence electrons. The lowest BCUT2D eigenvalue weighted by Gasteiger charge is -2.34. The van der Waals surface area contributed by atoms with E-state index in [1.165, 1.54) is 35.8 Å². The number of carbonyl (C=O) groups is 2. The summed E-state index contributed by atoms with van der Waals surface area (Å²) in [6, 6.07) is 26.4. The van der Waals surface area contributed by atoms with Crippen molar-refractivity contribution in [1.82, 2.24) is 10.2 Å². The first-order chi connectivity index (χ1) is 22.1. The number of hydrogen-bond donors (Lipinski definition) is 1. The molecule has 4 aromatic carbocycles. The van der Waals surface area contributed by atoms with E-state index in [1.807, 2.05) is 36.6 Å². The second-order valence-corrected chi connectivity index (χ2v) is 13.7. The Kier molecular flexibility index (Phi) is 12.4. The Labute approximate surface area is 284 Å². The highest BCUT2D eigenvalue weighted by atomic mass is 35.5. The standard InChI is InChI=1S/C34H35Cl2N3O5S2/c1-4-44-32-13-9-8-12-30(32)39(46(42,43)27-17-15-26(45-3)16-18-27)23-33(40)38(22-25-14-19-28(35)29(36)20-25)31(34(41)37-2)21-24-10-6-5-7-11-24/h5-20,31H,4,21-23H2,1-3H3,(H,37,41). The summed E-state index contributed by atoms with van der Waals surface area (Å²) < 4.78 is 35.5. The molecule has 0 fully saturated rings. The van der Waals surface area contributed by atoms with Crippen LogP contribution in [0.15, 0.2) is 107 Å². The zero-order valence-electron chi connectivity index (χ0n) is 25.7. The van der Waals surface area contributed by atoms with Crippen molar-refractivity contribution in [2.24, 2.45) is 0 Å². The summed E-state index contributed by atoms with van der Waals surface area (Å²) >= 11 is 14.0. The van der Waals surface area contributed by atoms with Gasteiger partial charge in [0.05, 0.1) is 27.2 Å². The van der Waals surface area contributed by atoms with Crippen LogP contribution in [0.4, 0.5) is 5.69 Å². The van der Waals surface area contributed by atoms with Crippen molar-refractivity contribution in [3.05, 3.63) is 118 Å². The van der Waals surface area contributed by atoms with E-state index >= 15 is 0 Å². The van der Waals surface area contributed by atoms with Gasteiger partial charge in [-0.1, -0.05) is 71.7 Å². The van der Waals surface area contributed by atoms with Crippen LogP contribution in [0.5, 0.6) is 5.75 Å². The third kappa shape index (κ3) is 8.55. The van der Waals surface area contributed by atoms with Gasteiger partial charge in [0.1, 0.15) is 18.3 Å². The predicted octanol–water partition coefficient (Wildman–Crippen LogP) is 6.70. The Hall–Kier alpha value is -3.70. The number of nitrogens with zero attached hydrogens (tertiary/aromatic N) is 2. The van der Waals surface area contributed by atoms with Gasteiger partial charge in [0.25, 0.3) is 10.0 Å². The monoisotopic (exact) mass is 699 g/mol. The van der Waals surface area contributed by atoms with Crippen LogP contribution >= 0.6 is 35.0 Å². The van der Waals surface area contributed by atoms with E-state index in [9.17, 15) is 18.0 Å². The minimum atomic E-state index is -4.29. The number of halogens is 2. The number of rotatable bonds is 14. The smallest absolute Gasteiger partial charge is 0.264 e.